The van der Waals surface area contributed by atoms with E-state index >= 15 is 0 Å². The van der Waals surface area contributed by atoms with Crippen molar-refractivity contribution in [3.8, 4) is 0 Å². The molecule has 2 rings (SSSR count). The molecule has 1 saturated heterocycles. The highest BCUT2D eigenvalue weighted by Crippen LogP contribution is 2.30. The maximum absolute atomic E-state index is 12.2. The van der Waals surface area contributed by atoms with Crippen molar-refractivity contribution in [2.75, 3.05) is 19.6 Å². The van der Waals surface area contributed by atoms with Crippen LogP contribution in [-0.4, -0.2) is 59.1 Å². The van der Waals surface area contributed by atoms with Crippen molar-refractivity contribution in [2.45, 2.75) is 64.6 Å². The Kier molecular flexibility index (Phi) is 5.00. The van der Waals surface area contributed by atoms with Crippen LogP contribution in [0.2, 0.25) is 0 Å². The van der Waals surface area contributed by atoms with Crippen LogP contribution in [-0.2, 0) is 9.53 Å². The van der Waals surface area contributed by atoms with Crippen molar-refractivity contribution in [2.24, 2.45) is 11.7 Å². The molecule has 2 fully saturated rings. The van der Waals surface area contributed by atoms with Crippen LogP contribution < -0.4 is 5.73 Å². The minimum Gasteiger partial charge on any atom is -0.444 e. The summed E-state index contributed by atoms with van der Waals surface area (Å²) in [5, 5.41) is 0. The normalized spacial score (nSPS) is 23.3. The first kappa shape index (κ1) is 17.1. The molecule has 0 unspecified atom stereocenters. The Labute approximate surface area is 132 Å². The van der Waals surface area contributed by atoms with Crippen molar-refractivity contribution >= 4 is 12.0 Å². The topological polar surface area (TPSA) is 75.9 Å². The molecule has 2 atom stereocenters. The van der Waals surface area contributed by atoms with Crippen LogP contribution in [0.4, 0.5) is 4.79 Å². The van der Waals surface area contributed by atoms with Gasteiger partial charge in [-0.3, -0.25) is 4.79 Å². The van der Waals surface area contributed by atoms with E-state index in [0.29, 0.717) is 31.6 Å². The van der Waals surface area contributed by atoms with Gasteiger partial charge in [-0.2, -0.15) is 0 Å². The minimum atomic E-state index is -0.472. The Morgan fingerprint density at radius 2 is 1.95 bits per heavy atom. The molecule has 1 aliphatic heterocycles. The molecule has 6 heteroatoms. The summed E-state index contributed by atoms with van der Waals surface area (Å²) in [5.41, 5.74) is 5.27. The van der Waals surface area contributed by atoms with Crippen molar-refractivity contribution in [3.63, 3.8) is 0 Å². The fraction of sp³-hybridized carbons (Fsp3) is 0.875. The molecule has 1 saturated carbocycles. The van der Waals surface area contributed by atoms with Crippen molar-refractivity contribution in [3.05, 3.63) is 0 Å². The van der Waals surface area contributed by atoms with Gasteiger partial charge in [0.25, 0.3) is 0 Å². The van der Waals surface area contributed by atoms with E-state index in [0.717, 1.165) is 19.3 Å². The van der Waals surface area contributed by atoms with Gasteiger partial charge >= 0.3 is 6.09 Å². The van der Waals surface area contributed by atoms with Crippen LogP contribution in [0.5, 0.6) is 0 Å². The van der Waals surface area contributed by atoms with Crippen LogP contribution in [0.1, 0.15) is 47.0 Å². The molecule has 2 N–H and O–H groups in total. The number of rotatable bonds is 4. The minimum absolute atomic E-state index is 0.0261. The maximum atomic E-state index is 12.2. The Morgan fingerprint density at radius 1 is 1.32 bits per heavy atom. The van der Waals surface area contributed by atoms with E-state index in [1.807, 2.05) is 25.7 Å². The van der Waals surface area contributed by atoms with Crippen LogP contribution in [0.25, 0.3) is 0 Å². The molecule has 1 heterocycles. The fourth-order valence-electron chi connectivity index (χ4n) is 2.82. The van der Waals surface area contributed by atoms with Gasteiger partial charge in [-0.05, 0) is 52.9 Å². The van der Waals surface area contributed by atoms with Crippen molar-refractivity contribution < 1.29 is 14.3 Å². The first-order valence-corrected chi connectivity index (χ1v) is 8.21. The van der Waals surface area contributed by atoms with Gasteiger partial charge < -0.3 is 20.3 Å². The zero-order valence-corrected chi connectivity index (χ0v) is 14.2. The molecule has 6 nitrogen and oxygen atoms in total. The molecular weight excluding hydrogens is 282 g/mol. The summed E-state index contributed by atoms with van der Waals surface area (Å²) in [7, 11) is 0. The summed E-state index contributed by atoms with van der Waals surface area (Å²) in [6.07, 6.45) is 2.79. The number of nitrogens with two attached hydrogens (primary N) is 1. The number of carbonyl (C=O) groups is 2. The quantitative estimate of drug-likeness (QED) is 0.855. The molecule has 22 heavy (non-hydrogen) atoms. The number of nitrogens with zero attached hydrogens (tertiary/aromatic N) is 2. The third-order valence-electron chi connectivity index (χ3n) is 4.05. The number of carbonyl (C=O) groups excluding carboxylic acids is 2. The van der Waals surface area contributed by atoms with E-state index < -0.39 is 11.6 Å². The second-order valence-corrected chi connectivity index (χ2v) is 7.59. The molecule has 2 aliphatic rings. The largest absolute Gasteiger partial charge is 0.444 e. The molecular formula is C16H29N3O3. The summed E-state index contributed by atoms with van der Waals surface area (Å²) in [5.74, 6) is 0.342. The maximum Gasteiger partial charge on any atom is 0.410 e. The van der Waals surface area contributed by atoms with Crippen molar-refractivity contribution in [1.29, 1.82) is 0 Å². The molecule has 1 aliphatic carbocycles. The molecule has 0 aromatic heterocycles. The lowest BCUT2D eigenvalue weighted by Crippen LogP contribution is -2.46. The van der Waals surface area contributed by atoms with Gasteiger partial charge in [0, 0.05) is 25.7 Å². The number of hydrogen-bond donors (Lipinski definition) is 1. The lowest BCUT2D eigenvalue weighted by atomic mass is 10.1. The molecule has 126 valence electrons. The number of ether oxygens (including phenoxy) is 1. The predicted molar refractivity (Wildman–Crippen MR) is 84.3 cm³/mol. The Morgan fingerprint density at radius 3 is 2.45 bits per heavy atom. The van der Waals surface area contributed by atoms with Gasteiger partial charge in [0.15, 0.2) is 0 Å². The Hall–Kier alpha value is -1.30. The highest BCUT2D eigenvalue weighted by molar-refractivity contribution is 5.81. The van der Waals surface area contributed by atoms with Crippen LogP contribution in [0.15, 0.2) is 0 Å². The zero-order valence-electron chi connectivity index (χ0n) is 14.2. The second kappa shape index (κ2) is 6.44. The average Bonchev–Trinajstić information content (AvgIpc) is 3.11. The van der Waals surface area contributed by atoms with E-state index in [2.05, 4.69) is 0 Å². The lowest BCUT2D eigenvalue weighted by Gasteiger charge is -2.28. The van der Waals surface area contributed by atoms with Gasteiger partial charge in [0.1, 0.15) is 5.60 Å². The van der Waals surface area contributed by atoms with Gasteiger partial charge in [0.05, 0.1) is 6.04 Å². The third kappa shape index (κ3) is 4.60. The molecule has 0 bridgehead atoms. The van der Waals surface area contributed by atoms with Crippen LogP contribution >= 0.6 is 0 Å². The summed E-state index contributed by atoms with van der Waals surface area (Å²) >= 11 is 0. The molecule has 0 spiro atoms. The smallest absolute Gasteiger partial charge is 0.410 e. The molecule has 0 aromatic rings. The summed E-state index contributed by atoms with van der Waals surface area (Å²) in [6, 6.07) is -0.0990. The van der Waals surface area contributed by atoms with Gasteiger partial charge in [-0.25, -0.2) is 4.79 Å². The monoisotopic (exact) mass is 311 g/mol. The van der Waals surface area contributed by atoms with Gasteiger partial charge in [0.2, 0.25) is 5.91 Å². The van der Waals surface area contributed by atoms with Gasteiger partial charge in [-0.1, -0.05) is 0 Å². The predicted octanol–water partition coefficient (Wildman–Crippen LogP) is 1.58. The first-order chi connectivity index (χ1) is 10.2. The van der Waals surface area contributed by atoms with E-state index in [4.69, 9.17) is 10.5 Å². The van der Waals surface area contributed by atoms with E-state index in [1.165, 1.54) is 0 Å². The molecule has 0 aromatic carbocycles. The van der Waals surface area contributed by atoms with E-state index in [-0.39, 0.29) is 12.0 Å². The highest BCUT2D eigenvalue weighted by atomic mass is 16.6. The SMILES string of the molecule is C[C@H](N)C(=O)N(C[C@H]1CCN(C(=O)OC(C)(C)C)C1)C1CC1. The number of amides is 2. The molecule has 2 amide bonds. The first-order valence-electron chi connectivity index (χ1n) is 8.21. The van der Waals surface area contributed by atoms with Gasteiger partial charge in [-0.15, -0.1) is 0 Å². The van der Waals surface area contributed by atoms with E-state index in [1.54, 1.807) is 11.8 Å². The standard InChI is InChI=1S/C16H29N3O3/c1-11(17)14(20)19(13-5-6-13)10-12-7-8-18(9-12)15(21)22-16(2,3)4/h11-13H,5-10,17H2,1-4H3/t11-,12-/m0/s1. The second-order valence-electron chi connectivity index (χ2n) is 7.59. The lowest BCUT2D eigenvalue weighted by molar-refractivity contribution is -0.133. The third-order valence-corrected chi connectivity index (χ3v) is 4.05. The van der Waals surface area contributed by atoms with E-state index in [9.17, 15) is 9.59 Å². The Bertz CT molecular complexity index is 427. The zero-order chi connectivity index (χ0) is 16.5. The number of hydrogen-bond acceptors (Lipinski definition) is 4. The average molecular weight is 311 g/mol. The summed E-state index contributed by atoms with van der Waals surface area (Å²) in [4.78, 5) is 28.0. The van der Waals surface area contributed by atoms with Crippen LogP contribution in [0.3, 0.4) is 0 Å². The fourth-order valence-corrected chi connectivity index (χ4v) is 2.82. The molecule has 0 radical (unpaired) electrons. The number of likely N-dealkylation sites (tertiary alicyclic amines) is 1. The van der Waals surface area contributed by atoms with Crippen molar-refractivity contribution in [1.82, 2.24) is 9.80 Å². The summed E-state index contributed by atoms with van der Waals surface area (Å²) in [6.45, 7) is 9.40. The van der Waals surface area contributed by atoms with Crippen LogP contribution in [0, 0.1) is 5.92 Å². The Balaban J connectivity index is 1.87. The highest BCUT2D eigenvalue weighted by Gasteiger charge is 2.37. The summed E-state index contributed by atoms with van der Waals surface area (Å²) < 4.78 is 5.41.